The van der Waals surface area contributed by atoms with Gasteiger partial charge in [-0.25, -0.2) is 9.59 Å². The van der Waals surface area contributed by atoms with Crippen molar-refractivity contribution in [2.45, 2.75) is 44.8 Å². The summed E-state index contributed by atoms with van der Waals surface area (Å²) in [7, 11) is 0. The average Bonchev–Trinajstić information content (AvgIpc) is 2.88. The third kappa shape index (κ3) is 9.06. The lowest BCUT2D eigenvalue weighted by Gasteiger charge is -2.34. The quantitative estimate of drug-likeness (QED) is 0.0880. The molecule has 0 aromatic heterocycles. The molecule has 0 spiro atoms. The molecule has 3 amide bonds. The summed E-state index contributed by atoms with van der Waals surface area (Å²) in [4.78, 5) is 49.9. The summed E-state index contributed by atoms with van der Waals surface area (Å²) in [5.74, 6) is -1.89. The number of hydrogen-bond acceptors (Lipinski definition) is 8. The van der Waals surface area contributed by atoms with Crippen LogP contribution in [-0.2, 0) is 19.1 Å². The molecular formula is C23H33N5O8. The van der Waals surface area contributed by atoms with Gasteiger partial charge in [0.2, 0.25) is 5.91 Å². The SMILES string of the molecule is CCOC(=O)NCCC[C@H](NC(=O)c1ccc(/C(N)=N/O)cc1)C(=O)N1CCC(OCC(=O)O)CC1. The van der Waals surface area contributed by atoms with E-state index in [1.165, 1.54) is 24.3 Å². The topological polar surface area (TPSA) is 193 Å². The lowest BCUT2D eigenvalue weighted by atomic mass is 10.0. The molecule has 1 saturated heterocycles. The van der Waals surface area contributed by atoms with Crippen LogP contribution in [0.5, 0.6) is 0 Å². The summed E-state index contributed by atoms with van der Waals surface area (Å²) in [6, 6.07) is 5.19. The number of carbonyl (C=O) groups is 4. The molecule has 1 heterocycles. The van der Waals surface area contributed by atoms with Crippen LogP contribution < -0.4 is 16.4 Å². The number of carboxylic acid groups (broad SMARTS) is 1. The molecule has 13 heteroatoms. The van der Waals surface area contributed by atoms with Crippen molar-refractivity contribution in [1.29, 1.82) is 0 Å². The van der Waals surface area contributed by atoms with Gasteiger partial charge < -0.3 is 41.1 Å². The fourth-order valence-electron chi connectivity index (χ4n) is 3.68. The molecule has 1 aromatic carbocycles. The Balaban J connectivity index is 2.02. The second kappa shape index (κ2) is 14.5. The van der Waals surface area contributed by atoms with Crippen molar-refractivity contribution < 1.29 is 39.0 Å². The molecule has 0 radical (unpaired) electrons. The van der Waals surface area contributed by atoms with Gasteiger partial charge in [-0.1, -0.05) is 17.3 Å². The van der Waals surface area contributed by atoms with Crippen molar-refractivity contribution in [3.63, 3.8) is 0 Å². The number of benzene rings is 1. The maximum absolute atomic E-state index is 13.3. The Bertz CT molecular complexity index is 929. The van der Waals surface area contributed by atoms with Crippen molar-refractivity contribution in [1.82, 2.24) is 15.5 Å². The fourth-order valence-corrected chi connectivity index (χ4v) is 3.68. The summed E-state index contributed by atoms with van der Waals surface area (Å²) in [5, 5.41) is 25.8. The predicted octanol–water partition coefficient (Wildman–Crippen LogP) is 0.498. The monoisotopic (exact) mass is 507 g/mol. The number of likely N-dealkylation sites (tertiary alicyclic amines) is 1. The summed E-state index contributed by atoms with van der Waals surface area (Å²) < 4.78 is 10.1. The van der Waals surface area contributed by atoms with Gasteiger partial charge in [-0.05, 0) is 44.7 Å². The van der Waals surface area contributed by atoms with E-state index in [9.17, 15) is 19.2 Å². The van der Waals surface area contributed by atoms with Crippen LogP contribution in [0, 0.1) is 0 Å². The smallest absolute Gasteiger partial charge is 0.407 e. The molecule has 13 nitrogen and oxygen atoms in total. The zero-order chi connectivity index (χ0) is 26.5. The van der Waals surface area contributed by atoms with Gasteiger partial charge in [0.1, 0.15) is 12.6 Å². The van der Waals surface area contributed by atoms with E-state index >= 15 is 0 Å². The van der Waals surface area contributed by atoms with Gasteiger partial charge in [-0.3, -0.25) is 9.59 Å². The zero-order valence-electron chi connectivity index (χ0n) is 20.1. The highest BCUT2D eigenvalue weighted by Crippen LogP contribution is 2.16. The number of rotatable bonds is 12. The third-order valence-electron chi connectivity index (χ3n) is 5.56. The molecule has 0 aliphatic carbocycles. The number of carboxylic acids is 1. The number of ether oxygens (including phenoxy) is 2. The van der Waals surface area contributed by atoms with Crippen molar-refractivity contribution in [2.75, 3.05) is 32.8 Å². The molecule has 0 saturated carbocycles. The highest BCUT2D eigenvalue weighted by atomic mass is 16.5. The molecule has 0 unspecified atom stereocenters. The lowest BCUT2D eigenvalue weighted by Crippen LogP contribution is -2.51. The summed E-state index contributed by atoms with van der Waals surface area (Å²) in [6.07, 6.45) is 0.850. The Morgan fingerprint density at radius 3 is 2.39 bits per heavy atom. The van der Waals surface area contributed by atoms with Gasteiger partial charge in [0, 0.05) is 30.8 Å². The van der Waals surface area contributed by atoms with E-state index in [1.54, 1.807) is 11.8 Å². The number of aliphatic carboxylic acids is 1. The maximum atomic E-state index is 13.3. The van der Waals surface area contributed by atoms with Crippen LogP contribution in [0.15, 0.2) is 29.4 Å². The van der Waals surface area contributed by atoms with Crippen LogP contribution in [0.2, 0.25) is 0 Å². The molecule has 36 heavy (non-hydrogen) atoms. The van der Waals surface area contributed by atoms with Crippen molar-refractivity contribution in [3.8, 4) is 0 Å². The van der Waals surface area contributed by atoms with Gasteiger partial charge in [0.15, 0.2) is 5.84 Å². The Hall–Kier alpha value is -3.87. The number of hydrogen-bond donors (Lipinski definition) is 5. The van der Waals surface area contributed by atoms with Gasteiger partial charge in [0.25, 0.3) is 5.91 Å². The van der Waals surface area contributed by atoms with E-state index < -0.39 is 24.0 Å². The summed E-state index contributed by atoms with van der Waals surface area (Å²) >= 11 is 0. The molecule has 1 aromatic rings. The number of oxime groups is 1. The lowest BCUT2D eigenvalue weighted by molar-refractivity contribution is -0.147. The molecule has 1 fully saturated rings. The first kappa shape index (κ1) is 28.4. The van der Waals surface area contributed by atoms with Crippen LogP contribution in [-0.4, -0.2) is 89.9 Å². The molecule has 1 aliphatic heterocycles. The molecule has 1 atom stereocenters. The number of carbonyl (C=O) groups excluding carboxylic acids is 3. The highest BCUT2D eigenvalue weighted by Gasteiger charge is 2.30. The molecule has 2 rings (SSSR count). The maximum Gasteiger partial charge on any atom is 0.407 e. The van der Waals surface area contributed by atoms with Gasteiger partial charge in [-0.15, -0.1) is 0 Å². The van der Waals surface area contributed by atoms with Crippen LogP contribution in [0.4, 0.5) is 4.79 Å². The largest absolute Gasteiger partial charge is 0.480 e. The van der Waals surface area contributed by atoms with Crippen molar-refractivity contribution in [3.05, 3.63) is 35.4 Å². The minimum atomic E-state index is -1.05. The molecule has 0 bridgehead atoms. The Morgan fingerprint density at radius 1 is 1.17 bits per heavy atom. The van der Waals surface area contributed by atoms with E-state index in [0.717, 1.165) is 0 Å². The first-order chi connectivity index (χ1) is 17.2. The first-order valence-electron chi connectivity index (χ1n) is 11.7. The van der Waals surface area contributed by atoms with Crippen LogP contribution in [0.3, 0.4) is 0 Å². The van der Waals surface area contributed by atoms with Gasteiger partial charge >= 0.3 is 12.1 Å². The minimum absolute atomic E-state index is 0.0974. The second-order valence-electron chi connectivity index (χ2n) is 8.11. The van der Waals surface area contributed by atoms with E-state index in [1.807, 2.05) is 0 Å². The van der Waals surface area contributed by atoms with Crippen LogP contribution in [0.1, 0.15) is 48.5 Å². The van der Waals surface area contributed by atoms with Crippen LogP contribution >= 0.6 is 0 Å². The number of alkyl carbamates (subject to hydrolysis) is 1. The number of amidine groups is 1. The highest BCUT2D eigenvalue weighted by molar-refractivity contribution is 6.00. The van der Waals surface area contributed by atoms with Crippen LogP contribution in [0.25, 0.3) is 0 Å². The van der Waals surface area contributed by atoms with Crippen molar-refractivity contribution in [2.24, 2.45) is 10.9 Å². The first-order valence-corrected chi connectivity index (χ1v) is 11.7. The minimum Gasteiger partial charge on any atom is -0.480 e. The van der Waals surface area contributed by atoms with Gasteiger partial charge in [0.05, 0.1) is 12.7 Å². The average molecular weight is 508 g/mol. The van der Waals surface area contributed by atoms with Crippen molar-refractivity contribution >= 4 is 29.7 Å². The van der Waals surface area contributed by atoms with E-state index in [2.05, 4.69) is 15.8 Å². The number of amides is 3. The number of nitrogens with one attached hydrogen (secondary N) is 2. The number of nitrogens with two attached hydrogens (primary N) is 1. The summed E-state index contributed by atoms with van der Waals surface area (Å²) in [6.45, 7) is 2.54. The predicted molar refractivity (Wildman–Crippen MR) is 128 cm³/mol. The zero-order valence-corrected chi connectivity index (χ0v) is 20.1. The van der Waals surface area contributed by atoms with Gasteiger partial charge in [-0.2, -0.15) is 0 Å². The third-order valence-corrected chi connectivity index (χ3v) is 5.56. The molecule has 1 aliphatic rings. The normalized spacial score (nSPS) is 15.1. The number of nitrogens with zero attached hydrogens (tertiary/aromatic N) is 2. The molecular weight excluding hydrogens is 474 g/mol. The molecule has 198 valence electrons. The molecule has 6 N–H and O–H groups in total. The second-order valence-corrected chi connectivity index (χ2v) is 8.11. The standard InChI is InChI=1S/C23H33N5O8/c1-2-35-23(33)25-11-3-4-18(22(32)28-12-9-17(10-13-28)36-14-19(29)30)26-21(31)16-7-5-15(6-8-16)20(24)27-34/h5-8,17-18,34H,2-4,9-14H2,1H3,(H2,24,27)(H,25,33)(H,26,31)(H,29,30)/t18-/m0/s1. The fraction of sp³-hybridized carbons (Fsp3) is 0.522. The summed E-state index contributed by atoms with van der Waals surface area (Å²) in [5.41, 5.74) is 6.26. The number of piperidine rings is 1. The van der Waals surface area contributed by atoms with E-state index in [-0.39, 0.29) is 49.6 Å². The van der Waals surface area contributed by atoms with E-state index in [4.69, 9.17) is 25.5 Å². The van der Waals surface area contributed by atoms with E-state index in [0.29, 0.717) is 37.9 Å². The Kier molecular flexibility index (Phi) is 11.4. The Labute approximate surface area is 208 Å². The Morgan fingerprint density at radius 2 is 1.81 bits per heavy atom.